The van der Waals surface area contributed by atoms with Gasteiger partial charge in [-0.2, -0.15) is 0 Å². The minimum absolute atomic E-state index is 0.0403. The van der Waals surface area contributed by atoms with E-state index in [4.69, 9.17) is 4.74 Å². The van der Waals surface area contributed by atoms with Gasteiger partial charge in [-0.05, 0) is 31.4 Å². The summed E-state index contributed by atoms with van der Waals surface area (Å²) < 4.78 is 5.33. The summed E-state index contributed by atoms with van der Waals surface area (Å²) in [7, 11) is 1.69. The molecule has 0 spiro atoms. The van der Waals surface area contributed by atoms with Crippen LogP contribution in [0.25, 0.3) is 10.9 Å². The molecule has 1 aromatic carbocycles. The molecule has 0 amide bonds. The average molecular weight is 260 g/mol. The molecule has 0 aliphatic rings. The Hall–Kier alpha value is -1.65. The fourth-order valence-electron chi connectivity index (χ4n) is 1.89. The fraction of sp³-hybridized carbons (Fsp3) is 0.400. The van der Waals surface area contributed by atoms with E-state index in [9.17, 15) is 4.79 Å². The summed E-state index contributed by atoms with van der Waals surface area (Å²) in [5, 5.41) is 4.30. The zero-order valence-corrected chi connectivity index (χ0v) is 11.6. The number of para-hydroxylation sites is 1. The first-order valence-corrected chi connectivity index (χ1v) is 6.39. The SMILES string of the molecule is COC(C)(C)CNCc1cc2ccccc2[nH]c1=O. The number of aromatic amines is 1. The van der Waals surface area contributed by atoms with Gasteiger partial charge in [0.05, 0.1) is 5.60 Å². The molecule has 1 heterocycles. The molecule has 2 rings (SSSR count). The number of benzene rings is 1. The number of nitrogens with one attached hydrogen (secondary N) is 2. The third-order valence-electron chi connectivity index (χ3n) is 3.25. The zero-order valence-electron chi connectivity index (χ0n) is 11.6. The number of aromatic nitrogens is 1. The molecule has 0 saturated heterocycles. The third-order valence-corrected chi connectivity index (χ3v) is 3.25. The molecule has 4 nitrogen and oxygen atoms in total. The Balaban J connectivity index is 2.13. The number of ether oxygens (including phenoxy) is 1. The van der Waals surface area contributed by atoms with Gasteiger partial charge in [0.15, 0.2) is 0 Å². The summed E-state index contributed by atoms with van der Waals surface area (Å²) in [4.78, 5) is 14.8. The lowest BCUT2D eigenvalue weighted by molar-refractivity contribution is 0.0230. The molecular weight excluding hydrogens is 240 g/mol. The van der Waals surface area contributed by atoms with E-state index >= 15 is 0 Å². The zero-order chi connectivity index (χ0) is 13.9. The van der Waals surface area contributed by atoms with Gasteiger partial charge in [-0.15, -0.1) is 0 Å². The predicted molar refractivity (Wildman–Crippen MR) is 77.4 cm³/mol. The molecule has 1 aromatic heterocycles. The van der Waals surface area contributed by atoms with Gasteiger partial charge in [0, 0.05) is 31.3 Å². The molecule has 0 radical (unpaired) electrons. The number of pyridine rings is 1. The van der Waals surface area contributed by atoms with E-state index in [-0.39, 0.29) is 11.2 Å². The van der Waals surface area contributed by atoms with Crippen LogP contribution in [0.4, 0.5) is 0 Å². The van der Waals surface area contributed by atoms with E-state index in [0.29, 0.717) is 13.1 Å². The van der Waals surface area contributed by atoms with Crippen molar-refractivity contribution in [1.82, 2.24) is 10.3 Å². The fourth-order valence-corrected chi connectivity index (χ4v) is 1.89. The molecule has 0 bridgehead atoms. The van der Waals surface area contributed by atoms with Gasteiger partial charge in [0.25, 0.3) is 5.56 Å². The second kappa shape index (κ2) is 5.55. The van der Waals surface area contributed by atoms with Crippen LogP contribution in [0.15, 0.2) is 35.1 Å². The standard InChI is InChI=1S/C15H20N2O2/c1-15(2,19-3)10-16-9-12-8-11-6-4-5-7-13(11)17-14(12)18/h4-8,16H,9-10H2,1-3H3,(H,17,18). The van der Waals surface area contributed by atoms with Crippen LogP contribution in [0.2, 0.25) is 0 Å². The van der Waals surface area contributed by atoms with E-state index in [2.05, 4.69) is 10.3 Å². The minimum atomic E-state index is -0.233. The van der Waals surface area contributed by atoms with Crippen molar-refractivity contribution in [3.05, 3.63) is 46.2 Å². The van der Waals surface area contributed by atoms with E-state index in [1.54, 1.807) is 7.11 Å². The average Bonchev–Trinajstić information content (AvgIpc) is 2.39. The van der Waals surface area contributed by atoms with Crippen molar-refractivity contribution in [1.29, 1.82) is 0 Å². The molecule has 102 valence electrons. The molecular formula is C15H20N2O2. The molecule has 0 unspecified atom stereocenters. The van der Waals surface area contributed by atoms with Crippen LogP contribution in [0.5, 0.6) is 0 Å². The highest BCUT2D eigenvalue weighted by Gasteiger charge is 2.15. The van der Waals surface area contributed by atoms with Crippen molar-refractivity contribution in [2.24, 2.45) is 0 Å². The Morgan fingerprint density at radius 3 is 2.79 bits per heavy atom. The largest absolute Gasteiger partial charge is 0.377 e. The molecule has 2 N–H and O–H groups in total. The highest BCUT2D eigenvalue weighted by Crippen LogP contribution is 2.10. The van der Waals surface area contributed by atoms with Gasteiger partial charge in [0.2, 0.25) is 0 Å². The molecule has 19 heavy (non-hydrogen) atoms. The summed E-state index contributed by atoms with van der Waals surface area (Å²) in [6, 6.07) is 9.71. The lowest BCUT2D eigenvalue weighted by atomic mass is 10.1. The smallest absolute Gasteiger partial charge is 0.252 e. The predicted octanol–water partition coefficient (Wildman–Crippen LogP) is 2.04. The van der Waals surface area contributed by atoms with Gasteiger partial charge in [-0.1, -0.05) is 18.2 Å². The maximum atomic E-state index is 11.9. The summed E-state index contributed by atoms with van der Waals surface area (Å²) in [5.41, 5.74) is 1.34. The lowest BCUT2D eigenvalue weighted by Crippen LogP contribution is -2.37. The topological polar surface area (TPSA) is 54.1 Å². The highest BCUT2D eigenvalue weighted by atomic mass is 16.5. The Morgan fingerprint density at radius 2 is 2.05 bits per heavy atom. The van der Waals surface area contributed by atoms with Crippen LogP contribution in [0.1, 0.15) is 19.4 Å². The number of methoxy groups -OCH3 is 1. The highest BCUT2D eigenvalue weighted by molar-refractivity contribution is 5.78. The molecule has 0 aliphatic carbocycles. The third kappa shape index (κ3) is 3.43. The van der Waals surface area contributed by atoms with Gasteiger partial charge in [-0.25, -0.2) is 0 Å². The maximum absolute atomic E-state index is 11.9. The number of hydrogen-bond acceptors (Lipinski definition) is 3. The molecule has 0 saturated carbocycles. The molecule has 2 aromatic rings. The number of rotatable bonds is 5. The van der Waals surface area contributed by atoms with Gasteiger partial charge in [-0.3, -0.25) is 4.79 Å². The first-order valence-electron chi connectivity index (χ1n) is 6.39. The van der Waals surface area contributed by atoms with Crippen LogP contribution in [0, 0.1) is 0 Å². The Kier molecular flexibility index (Phi) is 4.02. The quantitative estimate of drug-likeness (QED) is 0.865. The second-order valence-corrected chi connectivity index (χ2v) is 5.28. The van der Waals surface area contributed by atoms with Crippen LogP contribution in [-0.4, -0.2) is 24.2 Å². The summed E-state index contributed by atoms with van der Waals surface area (Å²) in [6.45, 7) is 5.23. The normalized spacial score (nSPS) is 11.9. The van der Waals surface area contributed by atoms with E-state index in [0.717, 1.165) is 16.5 Å². The van der Waals surface area contributed by atoms with Crippen LogP contribution >= 0.6 is 0 Å². The Bertz CT molecular complexity index is 617. The first-order chi connectivity index (χ1) is 9.02. The number of hydrogen-bond donors (Lipinski definition) is 2. The van der Waals surface area contributed by atoms with E-state index in [1.807, 2.05) is 44.2 Å². The van der Waals surface area contributed by atoms with Crippen molar-refractivity contribution in [3.63, 3.8) is 0 Å². The van der Waals surface area contributed by atoms with Crippen molar-refractivity contribution < 1.29 is 4.74 Å². The minimum Gasteiger partial charge on any atom is -0.377 e. The van der Waals surface area contributed by atoms with Gasteiger partial charge < -0.3 is 15.0 Å². The van der Waals surface area contributed by atoms with Crippen molar-refractivity contribution >= 4 is 10.9 Å². The molecule has 0 atom stereocenters. The molecule has 0 aliphatic heterocycles. The summed E-state index contributed by atoms with van der Waals surface area (Å²) >= 11 is 0. The molecule has 4 heteroatoms. The lowest BCUT2D eigenvalue weighted by Gasteiger charge is -2.23. The molecule has 0 fully saturated rings. The van der Waals surface area contributed by atoms with Crippen molar-refractivity contribution in [3.8, 4) is 0 Å². The maximum Gasteiger partial charge on any atom is 0.252 e. The van der Waals surface area contributed by atoms with Gasteiger partial charge in [0.1, 0.15) is 0 Å². The number of H-pyrrole nitrogens is 1. The summed E-state index contributed by atoms with van der Waals surface area (Å²) in [5.74, 6) is 0. The Morgan fingerprint density at radius 1 is 1.32 bits per heavy atom. The van der Waals surface area contributed by atoms with E-state index < -0.39 is 0 Å². The van der Waals surface area contributed by atoms with Crippen molar-refractivity contribution in [2.45, 2.75) is 26.0 Å². The second-order valence-electron chi connectivity index (χ2n) is 5.28. The van der Waals surface area contributed by atoms with E-state index in [1.165, 1.54) is 0 Å². The van der Waals surface area contributed by atoms with Crippen LogP contribution in [-0.2, 0) is 11.3 Å². The Labute approximate surface area is 112 Å². The van der Waals surface area contributed by atoms with Gasteiger partial charge >= 0.3 is 0 Å². The van der Waals surface area contributed by atoms with Crippen LogP contribution < -0.4 is 10.9 Å². The summed E-state index contributed by atoms with van der Waals surface area (Å²) in [6.07, 6.45) is 0. The number of fused-ring (bicyclic) bond motifs is 1. The van der Waals surface area contributed by atoms with Crippen molar-refractivity contribution in [2.75, 3.05) is 13.7 Å². The van der Waals surface area contributed by atoms with Crippen LogP contribution in [0.3, 0.4) is 0 Å². The monoisotopic (exact) mass is 260 g/mol. The first kappa shape index (κ1) is 13.8.